The summed E-state index contributed by atoms with van der Waals surface area (Å²) in [6.45, 7) is 1.92. The van der Waals surface area contributed by atoms with Gasteiger partial charge in [-0.15, -0.1) is 11.6 Å². The number of alkyl halides is 1. The molecule has 4 nitrogen and oxygen atoms in total. The highest BCUT2D eigenvalue weighted by Gasteiger charge is 2.32. The van der Waals surface area contributed by atoms with Gasteiger partial charge in [0.2, 0.25) is 10.0 Å². The highest BCUT2D eigenvalue weighted by atomic mass is 35.5. The SMILES string of the molecule is Cc1ccc(S(=O)(=O)NC2CC(Cl)C2)c2cccnc12. The van der Waals surface area contributed by atoms with Crippen LogP contribution in [-0.2, 0) is 10.0 Å². The van der Waals surface area contributed by atoms with E-state index in [0.29, 0.717) is 18.2 Å². The second-order valence-electron chi connectivity index (χ2n) is 5.17. The van der Waals surface area contributed by atoms with Crippen molar-refractivity contribution in [2.45, 2.75) is 36.1 Å². The zero-order valence-electron chi connectivity index (χ0n) is 11.0. The van der Waals surface area contributed by atoms with Crippen LogP contribution in [0.1, 0.15) is 18.4 Å². The molecule has 1 aliphatic rings. The molecule has 0 saturated heterocycles. The first kappa shape index (κ1) is 13.8. The number of halogens is 1. The molecular weight excluding hydrogens is 296 g/mol. The predicted octanol–water partition coefficient (Wildman–Crippen LogP) is 2.59. The lowest BCUT2D eigenvalue weighted by molar-refractivity contribution is 0.391. The third-order valence-corrected chi connectivity index (χ3v) is 5.56. The number of aromatic nitrogens is 1. The maximum Gasteiger partial charge on any atom is 0.241 e. The molecule has 0 bridgehead atoms. The van der Waals surface area contributed by atoms with Crippen molar-refractivity contribution in [3.63, 3.8) is 0 Å². The molecule has 0 spiro atoms. The van der Waals surface area contributed by atoms with Crippen LogP contribution >= 0.6 is 11.6 Å². The molecule has 1 saturated carbocycles. The molecule has 0 amide bonds. The summed E-state index contributed by atoms with van der Waals surface area (Å²) >= 11 is 5.89. The smallest absolute Gasteiger partial charge is 0.241 e. The summed E-state index contributed by atoms with van der Waals surface area (Å²) in [5.74, 6) is 0. The highest BCUT2D eigenvalue weighted by molar-refractivity contribution is 7.89. The lowest BCUT2D eigenvalue weighted by atomic mass is 9.94. The van der Waals surface area contributed by atoms with Crippen molar-refractivity contribution in [2.75, 3.05) is 0 Å². The van der Waals surface area contributed by atoms with Gasteiger partial charge in [0.1, 0.15) is 0 Å². The molecule has 2 aromatic rings. The Kier molecular flexibility index (Phi) is 3.44. The summed E-state index contributed by atoms with van der Waals surface area (Å²) in [5.41, 5.74) is 1.68. The fourth-order valence-electron chi connectivity index (χ4n) is 2.45. The van der Waals surface area contributed by atoms with Crippen LogP contribution in [0.15, 0.2) is 35.4 Å². The molecule has 0 unspecified atom stereocenters. The number of benzene rings is 1. The number of nitrogens with zero attached hydrogens (tertiary/aromatic N) is 1. The van der Waals surface area contributed by atoms with Gasteiger partial charge in [-0.3, -0.25) is 4.98 Å². The van der Waals surface area contributed by atoms with Crippen molar-refractivity contribution in [3.05, 3.63) is 36.0 Å². The molecule has 20 heavy (non-hydrogen) atoms. The predicted molar refractivity (Wildman–Crippen MR) is 79.5 cm³/mol. The van der Waals surface area contributed by atoms with Gasteiger partial charge in [0.15, 0.2) is 0 Å². The summed E-state index contributed by atoms with van der Waals surface area (Å²) in [7, 11) is -3.54. The molecule has 1 aromatic heterocycles. The number of pyridine rings is 1. The Morgan fingerprint density at radius 1 is 1.30 bits per heavy atom. The van der Waals surface area contributed by atoms with Gasteiger partial charge < -0.3 is 0 Å². The molecule has 1 aromatic carbocycles. The molecule has 0 atom stereocenters. The van der Waals surface area contributed by atoms with E-state index in [0.717, 1.165) is 11.1 Å². The van der Waals surface area contributed by atoms with Crippen LogP contribution in [0.2, 0.25) is 0 Å². The standard InChI is InChI=1S/C14H15ClN2O2S/c1-9-4-5-13(12-3-2-6-16-14(9)12)20(18,19)17-11-7-10(15)8-11/h2-6,10-11,17H,7-8H2,1H3. The number of hydrogen-bond donors (Lipinski definition) is 1. The van der Waals surface area contributed by atoms with E-state index in [1.807, 2.05) is 6.92 Å². The number of sulfonamides is 1. The molecule has 3 rings (SSSR count). The van der Waals surface area contributed by atoms with Crippen molar-refractivity contribution < 1.29 is 8.42 Å². The molecule has 0 radical (unpaired) electrons. The second-order valence-corrected chi connectivity index (χ2v) is 7.47. The number of fused-ring (bicyclic) bond motifs is 1. The Hall–Kier alpha value is -1.17. The first-order chi connectivity index (χ1) is 9.47. The van der Waals surface area contributed by atoms with Crippen LogP contribution in [0.3, 0.4) is 0 Å². The third kappa shape index (κ3) is 2.41. The summed E-state index contributed by atoms with van der Waals surface area (Å²) in [6.07, 6.45) is 3.04. The van der Waals surface area contributed by atoms with Gasteiger partial charge in [0, 0.05) is 23.0 Å². The Bertz CT molecular complexity index is 755. The van der Waals surface area contributed by atoms with Gasteiger partial charge in [0.25, 0.3) is 0 Å². The fourth-order valence-corrected chi connectivity index (χ4v) is 4.34. The Morgan fingerprint density at radius 2 is 2.05 bits per heavy atom. The van der Waals surface area contributed by atoms with Gasteiger partial charge in [-0.25, -0.2) is 13.1 Å². The fraction of sp³-hybridized carbons (Fsp3) is 0.357. The number of hydrogen-bond acceptors (Lipinski definition) is 3. The Labute approximate surface area is 123 Å². The zero-order chi connectivity index (χ0) is 14.3. The molecule has 1 N–H and O–H groups in total. The summed E-state index contributed by atoms with van der Waals surface area (Å²) in [6, 6.07) is 6.90. The average Bonchev–Trinajstić information content (AvgIpc) is 2.37. The van der Waals surface area contributed by atoms with Crippen molar-refractivity contribution in [2.24, 2.45) is 0 Å². The second kappa shape index (κ2) is 4.98. The Balaban J connectivity index is 2.03. The molecular formula is C14H15ClN2O2S. The van der Waals surface area contributed by atoms with Gasteiger partial charge in [-0.1, -0.05) is 6.07 Å². The third-order valence-electron chi connectivity index (χ3n) is 3.62. The number of rotatable bonds is 3. The molecule has 1 fully saturated rings. The van der Waals surface area contributed by atoms with Crippen molar-refractivity contribution >= 4 is 32.5 Å². The van der Waals surface area contributed by atoms with E-state index < -0.39 is 10.0 Å². The minimum Gasteiger partial charge on any atom is -0.256 e. The van der Waals surface area contributed by atoms with Gasteiger partial charge in [-0.05, 0) is 43.5 Å². The lowest BCUT2D eigenvalue weighted by Crippen LogP contribution is -2.44. The first-order valence-electron chi connectivity index (χ1n) is 6.48. The minimum atomic E-state index is -3.54. The van der Waals surface area contributed by atoms with E-state index in [-0.39, 0.29) is 16.3 Å². The van der Waals surface area contributed by atoms with Crippen molar-refractivity contribution in [3.8, 4) is 0 Å². The average molecular weight is 311 g/mol. The highest BCUT2D eigenvalue weighted by Crippen LogP contribution is 2.29. The minimum absolute atomic E-state index is 0.0597. The van der Waals surface area contributed by atoms with E-state index in [1.54, 1.807) is 30.5 Å². The van der Waals surface area contributed by atoms with E-state index >= 15 is 0 Å². The van der Waals surface area contributed by atoms with Crippen LogP contribution < -0.4 is 4.72 Å². The van der Waals surface area contributed by atoms with Crippen molar-refractivity contribution in [1.29, 1.82) is 0 Å². The van der Waals surface area contributed by atoms with Gasteiger partial charge >= 0.3 is 0 Å². The molecule has 106 valence electrons. The van der Waals surface area contributed by atoms with Crippen LogP contribution in [0.4, 0.5) is 0 Å². The van der Waals surface area contributed by atoms with Crippen LogP contribution in [-0.4, -0.2) is 24.8 Å². The number of nitrogens with one attached hydrogen (secondary N) is 1. The topological polar surface area (TPSA) is 59.1 Å². The quantitative estimate of drug-likeness (QED) is 0.887. The lowest BCUT2D eigenvalue weighted by Gasteiger charge is -2.31. The molecule has 1 heterocycles. The maximum atomic E-state index is 12.5. The van der Waals surface area contributed by atoms with Crippen LogP contribution in [0, 0.1) is 6.92 Å². The van der Waals surface area contributed by atoms with E-state index in [1.165, 1.54) is 0 Å². The molecule has 0 aliphatic heterocycles. The summed E-state index contributed by atoms with van der Waals surface area (Å²) in [5, 5.41) is 0.737. The zero-order valence-corrected chi connectivity index (χ0v) is 12.6. The Morgan fingerprint density at radius 3 is 2.75 bits per heavy atom. The summed E-state index contributed by atoms with van der Waals surface area (Å²) < 4.78 is 27.7. The van der Waals surface area contributed by atoms with E-state index in [2.05, 4.69) is 9.71 Å². The van der Waals surface area contributed by atoms with Crippen LogP contribution in [0.25, 0.3) is 10.9 Å². The summed E-state index contributed by atoms with van der Waals surface area (Å²) in [4.78, 5) is 4.55. The number of aryl methyl sites for hydroxylation is 1. The first-order valence-corrected chi connectivity index (χ1v) is 8.40. The molecule has 1 aliphatic carbocycles. The van der Waals surface area contributed by atoms with Crippen LogP contribution in [0.5, 0.6) is 0 Å². The largest absolute Gasteiger partial charge is 0.256 e. The normalized spacial score (nSPS) is 22.7. The van der Waals surface area contributed by atoms with Gasteiger partial charge in [-0.2, -0.15) is 0 Å². The van der Waals surface area contributed by atoms with Gasteiger partial charge in [0.05, 0.1) is 10.4 Å². The maximum absolute atomic E-state index is 12.5. The monoisotopic (exact) mass is 310 g/mol. The van der Waals surface area contributed by atoms with Crippen molar-refractivity contribution in [1.82, 2.24) is 9.71 Å². The molecule has 6 heteroatoms. The van der Waals surface area contributed by atoms with E-state index in [4.69, 9.17) is 11.6 Å². The van der Waals surface area contributed by atoms with E-state index in [9.17, 15) is 8.42 Å².